The van der Waals surface area contributed by atoms with E-state index in [1.54, 1.807) is 6.33 Å². The molecule has 2 aromatic heterocycles. The third-order valence-electron chi connectivity index (χ3n) is 2.59. The number of aromatic nitrogens is 4. The summed E-state index contributed by atoms with van der Waals surface area (Å²) < 4.78 is 1.23. The van der Waals surface area contributed by atoms with Crippen molar-refractivity contribution in [2.45, 2.75) is 6.54 Å². The van der Waals surface area contributed by atoms with Crippen molar-refractivity contribution in [2.75, 3.05) is 5.32 Å². The smallest absolute Gasteiger partial charge is 0.162 e. The first-order valence-electron chi connectivity index (χ1n) is 5.45. The molecule has 0 aliphatic rings. The van der Waals surface area contributed by atoms with E-state index in [2.05, 4.69) is 72.1 Å². The van der Waals surface area contributed by atoms with Gasteiger partial charge in [0.25, 0.3) is 0 Å². The predicted molar refractivity (Wildman–Crippen MR) is 78.2 cm³/mol. The third kappa shape index (κ3) is 2.28. The summed E-state index contributed by atoms with van der Waals surface area (Å²) in [6.07, 6.45) is 3.15. The highest BCUT2D eigenvalue weighted by Crippen LogP contribution is 2.15. The summed E-state index contributed by atoms with van der Waals surface area (Å²) in [4.78, 5) is 15.5. The lowest BCUT2D eigenvalue weighted by Crippen LogP contribution is -2.02. The first kappa shape index (κ1) is 11.4. The van der Waals surface area contributed by atoms with Gasteiger partial charge in [-0.2, -0.15) is 0 Å². The zero-order chi connectivity index (χ0) is 12.4. The number of rotatable bonds is 3. The van der Waals surface area contributed by atoms with Crippen LogP contribution >= 0.6 is 22.6 Å². The Kier molecular flexibility index (Phi) is 3.09. The molecule has 0 unspecified atom stereocenters. The number of anilines is 1. The maximum Gasteiger partial charge on any atom is 0.162 e. The van der Waals surface area contributed by atoms with Gasteiger partial charge in [0.1, 0.15) is 11.8 Å². The van der Waals surface area contributed by atoms with Crippen molar-refractivity contribution in [1.29, 1.82) is 0 Å². The van der Waals surface area contributed by atoms with Gasteiger partial charge in [0, 0.05) is 10.1 Å². The van der Waals surface area contributed by atoms with Gasteiger partial charge in [-0.1, -0.05) is 12.1 Å². The Hall–Kier alpha value is -1.70. The van der Waals surface area contributed by atoms with Crippen LogP contribution < -0.4 is 5.32 Å². The van der Waals surface area contributed by atoms with Gasteiger partial charge in [0.15, 0.2) is 11.5 Å². The normalized spacial score (nSPS) is 10.7. The minimum atomic E-state index is 0.718. The van der Waals surface area contributed by atoms with Crippen molar-refractivity contribution >= 4 is 39.6 Å². The van der Waals surface area contributed by atoms with E-state index in [1.807, 2.05) is 0 Å². The summed E-state index contributed by atoms with van der Waals surface area (Å²) in [5.41, 5.74) is 2.72. The fourth-order valence-corrected chi connectivity index (χ4v) is 2.04. The molecule has 5 nitrogen and oxygen atoms in total. The molecule has 0 saturated carbocycles. The number of nitrogens with zero attached hydrogens (tertiary/aromatic N) is 3. The van der Waals surface area contributed by atoms with Crippen LogP contribution in [0.4, 0.5) is 5.82 Å². The summed E-state index contributed by atoms with van der Waals surface area (Å²) >= 11 is 2.29. The second kappa shape index (κ2) is 4.89. The molecular formula is C12H10IN5. The molecule has 0 atom stereocenters. The highest BCUT2D eigenvalue weighted by Gasteiger charge is 2.05. The molecule has 6 heteroatoms. The third-order valence-corrected chi connectivity index (χ3v) is 3.31. The van der Waals surface area contributed by atoms with Crippen LogP contribution in [0.5, 0.6) is 0 Å². The Bertz CT molecular complexity index is 662. The van der Waals surface area contributed by atoms with Crippen molar-refractivity contribution < 1.29 is 0 Å². The Morgan fingerprint density at radius 2 is 1.94 bits per heavy atom. The lowest BCUT2D eigenvalue weighted by atomic mass is 10.2. The lowest BCUT2D eigenvalue weighted by Gasteiger charge is -2.05. The fourth-order valence-electron chi connectivity index (χ4n) is 1.68. The number of benzene rings is 1. The number of hydrogen-bond donors (Lipinski definition) is 2. The molecule has 0 radical (unpaired) electrons. The molecule has 0 bridgehead atoms. The van der Waals surface area contributed by atoms with Crippen LogP contribution in [0, 0.1) is 3.57 Å². The van der Waals surface area contributed by atoms with Crippen molar-refractivity contribution in [1.82, 2.24) is 19.9 Å². The van der Waals surface area contributed by atoms with Gasteiger partial charge in [0.2, 0.25) is 0 Å². The highest BCUT2D eigenvalue weighted by atomic mass is 127. The Balaban J connectivity index is 1.80. The highest BCUT2D eigenvalue weighted by molar-refractivity contribution is 14.1. The molecule has 3 rings (SSSR count). The second-order valence-corrected chi connectivity index (χ2v) is 5.05. The van der Waals surface area contributed by atoms with E-state index in [0.29, 0.717) is 0 Å². The fraction of sp³-hybridized carbons (Fsp3) is 0.0833. The first-order chi connectivity index (χ1) is 8.83. The quantitative estimate of drug-likeness (QED) is 0.712. The Labute approximate surface area is 117 Å². The van der Waals surface area contributed by atoms with Crippen LogP contribution in [-0.2, 0) is 6.54 Å². The second-order valence-electron chi connectivity index (χ2n) is 3.80. The van der Waals surface area contributed by atoms with Crippen molar-refractivity contribution in [3.05, 3.63) is 46.1 Å². The number of fused-ring (bicyclic) bond motifs is 1. The average Bonchev–Trinajstić information content (AvgIpc) is 2.87. The largest absolute Gasteiger partial charge is 0.364 e. The number of imidazole rings is 1. The number of hydrogen-bond acceptors (Lipinski definition) is 4. The predicted octanol–water partition coefficient (Wildman–Crippen LogP) is 2.57. The van der Waals surface area contributed by atoms with E-state index in [-0.39, 0.29) is 0 Å². The van der Waals surface area contributed by atoms with Gasteiger partial charge in [0.05, 0.1) is 6.33 Å². The lowest BCUT2D eigenvalue weighted by molar-refractivity contribution is 1.10. The Morgan fingerprint density at radius 1 is 1.11 bits per heavy atom. The molecule has 0 aliphatic heterocycles. The molecule has 0 saturated heterocycles. The zero-order valence-corrected chi connectivity index (χ0v) is 11.5. The summed E-state index contributed by atoms with van der Waals surface area (Å²) in [5, 5.41) is 3.27. The molecule has 2 heterocycles. The van der Waals surface area contributed by atoms with E-state index in [9.17, 15) is 0 Å². The summed E-state index contributed by atoms with van der Waals surface area (Å²) in [5.74, 6) is 0.750. The van der Waals surface area contributed by atoms with E-state index in [1.165, 1.54) is 15.5 Å². The van der Waals surface area contributed by atoms with Crippen molar-refractivity contribution in [3.63, 3.8) is 0 Å². The van der Waals surface area contributed by atoms with Crippen LogP contribution in [0.3, 0.4) is 0 Å². The minimum Gasteiger partial charge on any atom is -0.364 e. The van der Waals surface area contributed by atoms with Crippen LogP contribution in [-0.4, -0.2) is 19.9 Å². The number of aromatic amines is 1. The van der Waals surface area contributed by atoms with Gasteiger partial charge in [-0.05, 0) is 40.3 Å². The number of halogens is 1. The summed E-state index contributed by atoms with van der Waals surface area (Å²) in [6, 6.07) is 8.36. The first-order valence-corrected chi connectivity index (χ1v) is 6.53. The van der Waals surface area contributed by atoms with E-state index >= 15 is 0 Å². The van der Waals surface area contributed by atoms with Gasteiger partial charge in [-0.15, -0.1) is 0 Å². The van der Waals surface area contributed by atoms with Crippen molar-refractivity contribution in [3.8, 4) is 0 Å². The molecule has 0 aliphatic carbocycles. The van der Waals surface area contributed by atoms with E-state index < -0.39 is 0 Å². The monoisotopic (exact) mass is 351 g/mol. The molecule has 1 aromatic carbocycles. The number of H-pyrrole nitrogens is 1. The molecule has 90 valence electrons. The van der Waals surface area contributed by atoms with Crippen molar-refractivity contribution in [2.24, 2.45) is 0 Å². The molecule has 3 aromatic rings. The van der Waals surface area contributed by atoms with E-state index in [0.717, 1.165) is 23.5 Å². The topological polar surface area (TPSA) is 66.5 Å². The molecule has 0 amide bonds. The maximum absolute atomic E-state index is 4.21. The molecule has 0 fully saturated rings. The summed E-state index contributed by atoms with van der Waals surface area (Å²) in [7, 11) is 0. The van der Waals surface area contributed by atoms with E-state index in [4.69, 9.17) is 0 Å². The van der Waals surface area contributed by atoms with Crippen LogP contribution in [0.2, 0.25) is 0 Å². The Morgan fingerprint density at radius 3 is 2.78 bits per heavy atom. The molecule has 2 N–H and O–H groups in total. The maximum atomic E-state index is 4.21. The molecule has 0 spiro atoms. The number of nitrogens with one attached hydrogen (secondary N) is 2. The SMILES string of the molecule is Ic1ccc(CNc2ncnc3[nH]cnc23)cc1. The molecular weight excluding hydrogens is 341 g/mol. The van der Waals surface area contributed by atoms with Gasteiger partial charge < -0.3 is 10.3 Å². The molecule has 18 heavy (non-hydrogen) atoms. The average molecular weight is 351 g/mol. The van der Waals surface area contributed by atoms with Crippen LogP contribution in [0.25, 0.3) is 11.2 Å². The summed E-state index contributed by atoms with van der Waals surface area (Å²) in [6.45, 7) is 0.718. The van der Waals surface area contributed by atoms with Gasteiger partial charge in [-0.25, -0.2) is 15.0 Å². The zero-order valence-electron chi connectivity index (χ0n) is 9.39. The van der Waals surface area contributed by atoms with Gasteiger partial charge in [-0.3, -0.25) is 0 Å². The van der Waals surface area contributed by atoms with Crippen LogP contribution in [0.1, 0.15) is 5.56 Å². The van der Waals surface area contributed by atoms with Crippen LogP contribution in [0.15, 0.2) is 36.9 Å². The minimum absolute atomic E-state index is 0.718. The standard InChI is InChI=1S/C12H10IN5/c13-9-3-1-8(2-4-9)5-14-11-10-12(16-6-15-10)18-7-17-11/h1-4,6-7H,5H2,(H2,14,15,16,17,18). The van der Waals surface area contributed by atoms with Gasteiger partial charge >= 0.3 is 0 Å².